The highest BCUT2D eigenvalue weighted by Crippen LogP contribution is 2.13. The molecule has 1 aromatic heterocycles. The molecule has 0 amide bonds. The first-order chi connectivity index (χ1) is 7.81. The number of aromatic nitrogens is 1. The van der Waals surface area contributed by atoms with E-state index in [0.717, 1.165) is 19.4 Å². The van der Waals surface area contributed by atoms with Crippen LogP contribution >= 0.6 is 0 Å². The van der Waals surface area contributed by atoms with Crippen LogP contribution in [0.5, 0.6) is 0 Å². The van der Waals surface area contributed by atoms with Gasteiger partial charge in [-0.1, -0.05) is 0 Å². The topological polar surface area (TPSA) is 43.3 Å². The Hall–Kier alpha value is -1.29. The Bertz CT molecular complexity index is 394. The van der Waals surface area contributed by atoms with Gasteiger partial charge in [-0.3, -0.25) is 4.79 Å². The van der Waals surface area contributed by atoms with Gasteiger partial charge in [0, 0.05) is 19.9 Å². The van der Waals surface area contributed by atoms with Crippen molar-refractivity contribution in [1.82, 2.24) is 4.57 Å². The first kappa shape index (κ1) is 11.2. The van der Waals surface area contributed by atoms with Crippen LogP contribution in [-0.4, -0.2) is 24.3 Å². The molecular formula is C12H18N2O2. The molecule has 0 radical (unpaired) electrons. The Morgan fingerprint density at radius 3 is 3.12 bits per heavy atom. The quantitative estimate of drug-likeness (QED) is 0.842. The van der Waals surface area contributed by atoms with E-state index in [-0.39, 0.29) is 11.7 Å². The van der Waals surface area contributed by atoms with Gasteiger partial charge in [0.2, 0.25) is 0 Å². The lowest BCUT2D eigenvalue weighted by atomic mass is 10.1. The van der Waals surface area contributed by atoms with Crippen LogP contribution in [0, 0.1) is 0 Å². The fraction of sp³-hybridized carbons (Fsp3) is 0.583. The Labute approximate surface area is 95.2 Å². The molecule has 2 heterocycles. The highest BCUT2D eigenvalue weighted by atomic mass is 16.5. The molecule has 1 aliphatic heterocycles. The fourth-order valence-electron chi connectivity index (χ4n) is 2.04. The molecule has 1 fully saturated rings. The highest BCUT2D eigenvalue weighted by molar-refractivity contribution is 5.39. The third-order valence-corrected chi connectivity index (χ3v) is 2.96. The molecule has 4 heteroatoms. The molecule has 4 nitrogen and oxygen atoms in total. The van der Waals surface area contributed by atoms with E-state index in [1.54, 1.807) is 17.7 Å². The van der Waals surface area contributed by atoms with Crippen LogP contribution < -0.4 is 10.9 Å². The number of hydrogen-bond donors (Lipinski definition) is 1. The molecule has 0 bridgehead atoms. The van der Waals surface area contributed by atoms with E-state index >= 15 is 0 Å². The van der Waals surface area contributed by atoms with Gasteiger partial charge in [0.1, 0.15) is 5.69 Å². The van der Waals surface area contributed by atoms with E-state index in [1.165, 1.54) is 6.42 Å². The van der Waals surface area contributed by atoms with Gasteiger partial charge in [-0.15, -0.1) is 0 Å². The average Bonchev–Trinajstić information content (AvgIpc) is 2.33. The average molecular weight is 222 g/mol. The molecule has 2 rings (SSSR count). The van der Waals surface area contributed by atoms with E-state index in [2.05, 4.69) is 5.32 Å². The smallest absolute Gasteiger partial charge is 0.273 e. The van der Waals surface area contributed by atoms with Crippen molar-refractivity contribution in [2.75, 3.05) is 19.0 Å². The van der Waals surface area contributed by atoms with Crippen molar-refractivity contribution in [2.45, 2.75) is 31.9 Å². The minimum Gasteiger partial charge on any atom is -0.384 e. The normalized spacial score (nSPS) is 20.7. The van der Waals surface area contributed by atoms with Gasteiger partial charge < -0.3 is 14.6 Å². The number of hydrogen-bond acceptors (Lipinski definition) is 3. The SMILES string of the molecule is CNc1cccn(CC2CCCCO2)c1=O. The van der Waals surface area contributed by atoms with Gasteiger partial charge in [0.05, 0.1) is 12.6 Å². The number of rotatable bonds is 3. The summed E-state index contributed by atoms with van der Waals surface area (Å²) in [7, 11) is 1.76. The van der Waals surface area contributed by atoms with Crippen molar-refractivity contribution >= 4 is 5.69 Å². The summed E-state index contributed by atoms with van der Waals surface area (Å²) in [5.41, 5.74) is 0.664. The standard InChI is InChI=1S/C12H18N2O2/c1-13-11-6-4-7-14(12(11)15)9-10-5-2-3-8-16-10/h4,6-7,10,13H,2-3,5,8-9H2,1H3. The molecule has 16 heavy (non-hydrogen) atoms. The van der Waals surface area contributed by atoms with Crippen molar-refractivity contribution in [2.24, 2.45) is 0 Å². The molecule has 1 saturated heterocycles. The third kappa shape index (κ3) is 2.44. The molecule has 0 spiro atoms. The molecule has 1 N–H and O–H groups in total. The number of ether oxygens (including phenoxy) is 1. The molecule has 0 saturated carbocycles. The maximum absolute atomic E-state index is 11.9. The minimum absolute atomic E-state index is 0.0270. The Balaban J connectivity index is 2.11. The largest absolute Gasteiger partial charge is 0.384 e. The molecule has 0 aliphatic carbocycles. The summed E-state index contributed by atoms with van der Waals surface area (Å²) in [4.78, 5) is 11.9. The molecule has 1 atom stereocenters. The summed E-state index contributed by atoms with van der Waals surface area (Å²) in [6.07, 6.45) is 5.41. The zero-order valence-corrected chi connectivity index (χ0v) is 9.61. The van der Waals surface area contributed by atoms with E-state index < -0.39 is 0 Å². The second-order valence-corrected chi connectivity index (χ2v) is 4.12. The lowest BCUT2D eigenvalue weighted by Crippen LogP contribution is -2.30. The molecule has 1 aliphatic rings. The molecule has 0 aromatic carbocycles. The van der Waals surface area contributed by atoms with Crippen LogP contribution in [0.1, 0.15) is 19.3 Å². The third-order valence-electron chi connectivity index (χ3n) is 2.96. The zero-order valence-electron chi connectivity index (χ0n) is 9.61. The van der Waals surface area contributed by atoms with Crippen molar-refractivity contribution in [3.05, 3.63) is 28.7 Å². The number of nitrogens with one attached hydrogen (secondary N) is 1. The fourth-order valence-corrected chi connectivity index (χ4v) is 2.04. The van der Waals surface area contributed by atoms with Crippen LogP contribution in [0.3, 0.4) is 0 Å². The number of nitrogens with zero attached hydrogens (tertiary/aromatic N) is 1. The van der Waals surface area contributed by atoms with Gasteiger partial charge in [-0.2, -0.15) is 0 Å². The predicted octanol–water partition coefficient (Wildman–Crippen LogP) is 1.46. The monoisotopic (exact) mass is 222 g/mol. The lowest BCUT2D eigenvalue weighted by Gasteiger charge is -2.23. The van der Waals surface area contributed by atoms with Crippen LogP contribution in [0.25, 0.3) is 0 Å². The van der Waals surface area contributed by atoms with Gasteiger partial charge in [0.25, 0.3) is 5.56 Å². The van der Waals surface area contributed by atoms with Crippen molar-refractivity contribution < 1.29 is 4.74 Å². The van der Waals surface area contributed by atoms with Crippen molar-refractivity contribution in [3.8, 4) is 0 Å². The zero-order chi connectivity index (χ0) is 11.4. The second-order valence-electron chi connectivity index (χ2n) is 4.12. The predicted molar refractivity (Wildman–Crippen MR) is 63.8 cm³/mol. The summed E-state index contributed by atoms with van der Waals surface area (Å²) in [5, 5.41) is 2.90. The summed E-state index contributed by atoms with van der Waals surface area (Å²) >= 11 is 0. The van der Waals surface area contributed by atoms with Crippen LogP contribution in [0.15, 0.2) is 23.1 Å². The van der Waals surface area contributed by atoms with Gasteiger partial charge in [-0.05, 0) is 31.4 Å². The summed E-state index contributed by atoms with van der Waals surface area (Å²) < 4.78 is 7.35. The highest BCUT2D eigenvalue weighted by Gasteiger charge is 2.15. The first-order valence-electron chi connectivity index (χ1n) is 5.80. The van der Waals surface area contributed by atoms with Crippen molar-refractivity contribution in [1.29, 1.82) is 0 Å². The molecule has 1 unspecified atom stereocenters. The maximum Gasteiger partial charge on any atom is 0.273 e. The van der Waals surface area contributed by atoms with E-state index in [0.29, 0.717) is 12.2 Å². The first-order valence-corrected chi connectivity index (χ1v) is 5.80. The summed E-state index contributed by atoms with van der Waals surface area (Å²) in [6.45, 7) is 1.49. The van der Waals surface area contributed by atoms with E-state index in [4.69, 9.17) is 4.74 Å². The Morgan fingerprint density at radius 1 is 1.56 bits per heavy atom. The van der Waals surface area contributed by atoms with Crippen molar-refractivity contribution in [3.63, 3.8) is 0 Å². The van der Waals surface area contributed by atoms with Crippen LogP contribution in [0.4, 0.5) is 5.69 Å². The number of anilines is 1. The summed E-state index contributed by atoms with van der Waals surface area (Å²) in [5.74, 6) is 0. The Kier molecular flexibility index (Phi) is 3.62. The number of pyridine rings is 1. The second kappa shape index (κ2) is 5.16. The lowest BCUT2D eigenvalue weighted by molar-refractivity contribution is 0.00546. The van der Waals surface area contributed by atoms with Gasteiger partial charge >= 0.3 is 0 Å². The molecule has 1 aromatic rings. The van der Waals surface area contributed by atoms with Crippen LogP contribution in [0.2, 0.25) is 0 Å². The van der Waals surface area contributed by atoms with Gasteiger partial charge in [-0.25, -0.2) is 0 Å². The van der Waals surface area contributed by atoms with E-state index in [1.807, 2.05) is 12.3 Å². The van der Waals surface area contributed by atoms with Gasteiger partial charge in [0.15, 0.2) is 0 Å². The molecule has 88 valence electrons. The minimum atomic E-state index is 0.0270. The Morgan fingerprint density at radius 2 is 2.44 bits per heavy atom. The summed E-state index contributed by atoms with van der Waals surface area (Å²) in [6, 6.07) is 3.68. The molecular weight excluding hydrogens is 204 g/mol. The maximum atomic E-state index is 11.9. The van der Waals surface area contributed by atoms with Crippen LogP contribution in [-0.2, 0) is 11.3 Å². The van der Waals surface area contributed by atoms with E-state index in [9.17, 15) is 4.79 Å².